The topological polar surface area (TPSA) is 104 Å². The lowest BCUT2D eigenvalue weighted by Crippen LogP contribution is -2.07. The molecule has 0 saturated carbocycles. The van der Waals surface area contributed by atoms with E-state index in [1.807, 2.05) is 36.4 Å². The zero-order valence-electron chi connectivity index (χ0n) is 18.7. The number of nitro groups is 1. The average Bonchev–Trinajstić information content (AvgIpc) is 3.35. The van der Waals surface area contributed by atoms with Gasteiger partial charge in [-0.3, -0.25) is 20.2 Å². The Morgan fingerprint density at radius 3 is 2.57 bits per heavy atom. The molecule has 176 valence electrons. The van der Waals surface area contributed by atoms with Gasteiger partial charge in [-0.1, -0.05) is 36.4 Å². The Bertz CT molecular complexity index is 1350. The summed E-state index contributed by atoms with van der Waals surface area (Å²) in [5, 5.41) is 15.7. The van der Waals surface area contributed by atoms with Crippen LogP contribution in [0.2, 0.25) is 0 Å². The summed E-state index contributed by atoms with van der Waals surface area (Å²) in [7, 11) is 1.57. The molecule has 1 amide bonds. The molecule has 1 heterocycles. The summed E-state index contributed by atoms with van der Waals surface area (Å²) >= 11 is 1.27. The van der Waals surface area contributed by atoms with Gasteiger partial charge in [0.15, 0.2) is 16.6 Å². The van der Waals surface area contributed by atoms with Crippen LogP contribution in [0.15, 0.2) is 84.3 Å². The maximum absolute atomic E-state index is 12.4. The molecule has 0 aliphatic carbocycles. The van der Waals surface area contributed by atoms with Crippen molar-refractivity contribution in [3.8, 4) is 22.8 Å². The number of nitrogens with zero attached hydrogens (tertiary/aromatic N) is 2. The van der Waals surface area contributed by atoms with Crippen LogP contribution in [-0.2, 0) is 11.4 Å². The molecule has 0 bridgehead atoms. The number of ether oxygens (including phenoxy) is 2. The van der Waals surface area contributed by atoms with Crippen molar-refractivity contribution in [3.05, 3.63) is 105 Å². The Hall–Kier alpha value is -4.50. The first-order valence-corrected chi connectivity index (χ1v) is 11.4. The lowest BCUT2D eigenvalue weighted by atomic mass is 10.1. The van der Waals surface area contributed by atoms with E-state index in [0.717, 1.165) is 16.7 Å². The molecule has 35 heavy (non-hydrogen) atoms. The SMILES string of the molecule is COc1cc(C=CC(=O)Nc2nc(-c3ccc([N+](=O)[O-])cc3)cs2)ccc1OCc1ccccc1. The van der Waals surface area contributed by atoms with Crippen molar-refractivity contribution in [1.29, 1.82) is 0 Å². The number of hydrogen-bond donors (Lipinski definition) is 1. The molecule has 1 aromatic heterocycles. The number of non-ortho nitro benzene ring substituents is 1. The van der Waals surface area contributed by atoms with Gasteiger partial charge in [0.2, 0.25) is 5.91 Å². The maximum atomic E-state index is 12.4. The van der Waals surface area contributed by atoms with Crippen LogP contribution in [0.3, 0.4) is 0 Å². The van der Waals surface area contributed by atoms with Crippen LogP contribution in [0.5, 0.6) is 11.5 Å². The largest absolute Gasteiger partial charge is 0.493 e. The van der Waals surface area contributed by atoms with Crippen molar-refractivity contribution in [1.82, 2.24) is 4.98 Å². The molecule has 0 atom stereocenters. The quantitative estimate of drug-likeness (QED) is 0.178. The van der Waals surface area contributed by atoms with Crippen molar-refractivity contribution >= 4 is 34.1 Å². The number of nitrogens with one attached hydrogen (secondary N) is 1. The predicted octanol–water partition coefficient (Wildman–Crippen LogP) is 5.96. The third-order valence-electron chi connectivity index (χ3n) is 4.96. The number of rotatable bonds is 9. The Morgan fingerprint density at radius 2 is 1.86 bits per heavy atom. The highest BCUT2D eigenvalue weighted by molar-refractivity contribution is 7.14. The molecule has 0 spiro atoms. The van der Waals surface area contributed by atoms with Crippen LogP contribution in [0.4, 0.5) is 10.8 Å². The van der Waals surface area contributed by atoms with Crippen molar-refractivity contribution in [3.63, 3.8) is 0 Å². The number of carbonyl (C=O) groups is 1. The minimum Gasteiger partial charge on any atom is -0.493 e. The fraction of sp³-hybridized carbons (Fsp3) is 0.0769. The monoisotopic (exact) mass is 487 g/mol. The number of methoxy groups -OCH3 is 1. The molecule has 0 saturated heterocycles. The number of thiazole rings is 1. The predicted molar refractivity (Wildman–Crippen MR) is 136 cm³/mol. The summed E-state index contributed by atoms with van der Waals surface area (Å²) in [5.41, 5.74) is 3.18. The van der Waals surface area contributed by atoms with E-state index >= 15 is 0 Å². The molecule has 0 aliphatic rings. The van der Waals surface area contributed by atoms with Crippen molar-refractivity contribution < 1.29 is 19.2 Å². The highest BCUT2D eigenvalue weighted by atomic mass is 32.1. The number of carbonyl (C=O) groups excluding carboxylic acids is 1. The molecule has 0 fully saturated rings. The third kappa shape index (κ3) is 6.30. The minimum absolute atomic E-state index is 0.00932. The second-order valence-corrected chi connectivity index (χ2v) is 8.21. The van der Waals surface area contributed by atoms with Gasteiger partial charge in [0, 0.05) is 29.2 Å². The van der Waals surface area contributed by atoms with Crippen molar-refractivity contribution in [2.24, 2.45) is 0 Å². The third-order valence-corrected chi connectivity index (χ3v) is 5.72. The Morgan fingerprint density at radius 1 is 1.09 bits per heavy atom. The molecule has 8 nitrogen and oxygen atoms in total. The van der Waals surface area contributed by atoms with Crippen LogP contribution < -0.4 is 14.8 Å². The van der Waals surface area contributed by atoms with Gasteiger partial charge >= 0.3 is 0 Å². The van der Waals surface area contributed by atoms with Gasteiger partial charge in [0.1, 0.15) is 6.61 Å². The van der Waals surface area contributed by atoms with Gasteiger partial charge in [0.05, 0.1) is 17.7 Å². The van der Waals surface area contributed by atoms with E-state index in [0.29, 0.717) is 28.9 Å². The molecular formula is C26H21N3O5S. The van der Waals surface area contributed by atoms with Crippen molar-refractivity contribution in [2.45, 2.75) is 6.61 Å². The summed E-state index contributed by atoms with van der Waals surface area (Å²) in [4.78, 5) is 27.1. The second-order valence-electron chi connectivity index (χ2n) is 7.35. The molecule has 9 heteroatoms. The van der Waals surface area contributed by atoms with Crippen LogP contribution >= 0.6 is 11.3 Å². The van der Waals surface area contributed by atoms with Gasteiger partial charge in [-0.15, -0.1) is 11.3 Å². The summed E-state index contributed by atoms with van der Waals surface area (Å²) in [6.07, 6.45) is 3.08. The molecule has 4 aromatic rings. The number of aromatic nitrogens is 1. The number of hydrogen-bond acceptors (Lipinski definition) is 7. The van der Waals surface area contributed by atoms with Gasteiger partial charge < -0.3 is 9.47 Å². The smallest absolute Gasteiger partial charge is 0.269 e. The first kappa shape index (κ1) is 23.7. The highest BCUT2D eigenvalue weighted by Crippen LogP contribution is 2.30. The van der Waals surface area contributed by atoms with E-state index in [2.05, 4.69) is 10.3 Å². The summed E-state index contributed by atoms with van der Waals surface area (Å²) in [5.74, 6) is 0.841. The zero-order valence-corrected chi connectivity index (χ0v) is 19.5. The van der Waals surface area contributed by atoms with Crippen molar-refractivity contribution in [2.75, 3.05) is 12.4 Å². The molecular weight excluding hydrogens is 466 g/mol. The molecule has 0 aliphatic heterocycles. The normalized spacial score (nSPS) is 10.8. The number of nitro benzene ring substituents is 1. The van der Waals surface area contributed by atoms with Gasteiger partial charge in [-0.05, 0) is 41.5 Å². The number of amides is 1. The van der Waals surface area contributed by atoms with E-state index in [4.69, 9.17) is 9.47 Å². The van der Waals surface area contributed by atoms with Crippen LogP contribution in [-0.4, -0.2) is 22.9 Å². The Labute approximate surface area is 205 Å². The van der Waals surface area contributed by atoms with E-state index in [1.165, 1.54) is 29.5 Å². The molecule has 0 radical (unpaired) electrons. The highest BCUT2D eigenvalue weighted by Gasteiger charge is 2.10. The Kier molecular flexibility index (Phi) is 7.49. The van der Waals surface area contributed by atoms with Gasteiger partial charge in [0.25, 0.3) is 5.69 Å². The number of benzene rings is 3. The van der Waals surface area contributed by atoms with Crippen LogP contribution in [0.1, 0.15) is 11.1 Å². The lowest BCUT2D eigenvalue weighted by Gasteiger charge is -2.11. The maximum Gasteiger partial charge on any atom is 0.269 e. The standard InChI is InChI=1S/C26H21N3O5S/c1-33-24-15-18(7-13-23(24)34-16-19-5-3-2-4-6-19)8-14-25(30)28-26-27-22(17-35-26)20-9-11-21(12-10-20)29(31)32/h2-15,17H,16H2,1H3,(H,27,28,30). The fourth-order valence-electron chi connectivity index (χ4n) is 3.18. The van der Waals surface area contributed by atoms with E-state index < -0.39 is 4.92 Å². The molecule has 1 N–H and O–H groups in total. The van der Waals surface area contributed by atoms with E-state index in [9.17, 15) is 14.9 Å². The summed E-state index contributed by atoms with van der Waals surface area (Å²) < 4.78 is 11.3. The first-order chi connectivity index (χ1) is 17.0. The Balaban J connectivity index is 1.36. The van der Waals surface area contributed by atoms with Crippen LogP contribution in [0, 0.1) is 10.1 Å². The zero-order chi connectivity index (χ0) is 24.6. The summed E-state index contributed by atoms with van der Waals surface area (Å²) in [6.45, 7) is 0.421. The second kappa shape index (κ2) is 11.1. The molecule has 3 aromatic carbocycles. The number of anilines is 1. The minimum atomic E-state index is -0.455. The first-order valence-electron chi connectivity index (χ1n) is 10.6. The fourth-order valence-corrected chi connectivity index (χ4v) is 3.90. The van der Waals surface area contributed by atoms with Crippen LogP contribution in [0.25, 0.3) is 17.3 Å². The van der Waals surface area contributed by atoms with E-state index in [1.54, 1.807) is 42.8 Å². The van der Waals surface area contributed by atoms with Gasteiger partial charge in [-0.25, -0.2) is 4.98 Å². The van der Waals surface area contributed by atoms with E-state index in [-0.39, 0.29) is 11.6 Å². The lowest BCUT2D eigenvalue weighted by molar-refractivity contribution is -0.384. The summed E-state index contributed by atoms with van der Waals surface area (Å²) in [6, 6.07) is 21.4. The molecule has 4 rings (SSSR count). The average molecular weight is 488 g/mol. The van der Waals surface area contributed by atoms with Gasteiger partial charge in [-0.2, -0.15) is 0 Å². The molecule has 0 unspecified atom stereocenters.